The molecule has 2 amide bonds. The van der Waals surface area contributed by atoms with Crippen molar-refractivity contribution in [1.29, 1.82) is 0 Å². The Labute approximate surface area is 229 Å². The highest BCUT2D eigenvalue weighted by Crippen LogP contribution is 2.36. The average molecular weight is 531 g/mol. The predicted octanol–water partition coefficient (Wildman–Crippen LogP) is 6.43. The Morgan fingerprint density at radius 1 is 1.05 bits per heavy atom. The molecule has 3 N–H and O–H groups in total. The Bertz CT molecular complexity index is 1270. The fourth-order valence-corrected chi connectivity index (χ4v) is 6.12. The Balaban J connectivity index is 1.24. The number of carbonyl (C=O) groups excluding carboxylic acids is 2. The van der Waals surface area contributed by atoms with Crippen LogP contribution in [0.3, 0.4) is 0 Å². The van der Waals surface area contributed by atoms with Crippen LogP contribution in [0.1, 0.15) is 64.4 Å². The van der Waals surface area contributed by atoms with Gasteiger partial charge in [-0.05, 0) is 92.3 Å². The van der Waals surface area contributed by atoms with Crippen LogP contribution in [0, 0.1) is 11.8 Å². The van der Waals surface area contributed by atoms with E-state index < -0.39 is 5.54 Å². The highest BCUT2D eigenvalue weighted by atomic mass is 32.1. The minimum Gasteiger partial charge on any atom is -0.343 e. The number of amides is 2. The summed E-state index contributed by atoms with van der Waals surface area (Å²) in [5, 5.41) is 7.25. The van der Waals surface area contributed by atoms with E-state index >= 15 is 0 Å². The molecule has 2 saturated carbocycles. The zero-order valence-electron chi connectivity index (χ0n) is 22.6. The van der Waals surface area contributed by atoms with E-state index in [1.54, 1.807) is 17.5 Å². The second kappa shape index (κ2) is 11.0. The fraction of sp³-hybridized carbons (Fsp3) is 0.452. The van der Waals surface area contributed by atoms with E-state index in [1.807, 2.05) is 31.9 Å². The Morgan fingerprint density at radius 2 is 1.76 bits per heavy atom. The lowest BCUT2D eigenvalue weighted by molar-refractivity contribution is -0.134. The van der Waals surface area contributed by atoms with E-state index in [2.05, 4.69) is 46.4 Å². The van der Waals surface area contributed by atoms with Crippen LogP contribution < -0.4 is 11.1 Å². The second-order valence-corrected chi connectivity index (χ2v) is 12.4. The Hall–Kier alpha value is -3.03. The minimum absolute atomic E-state index is 0.0243. The van der Waals surface area contributed by atoms with E-state index in [9.17, 15) is 9.59 Å². The van der Waals surface area contributed by atoms with Gasteiger partial charge in [0, 0.05) is 42.1 Å². The van der Waals surface area contributed by atoms with E-state index in [0.29, 0.717) is 30.0 Å². The van der Waals surface area contributed by atoms with Gasteiger partial charge in [-0.1, -0.05) is 24.3 Å². The lowest BCUT2D eigenvalue weighted by Gasteiger charge is -2.34. The molecule has 3 aromatic rings. The molecule has 38 heavy (non-hydrogen) atoms. The minimum atomic E-state index is -0.403. The highest BCUT2D eigenvalue weighted by Gasteiger charge is 2.36. The molecule has 2 aliphatic carbocycles. The van der Waals surface area contributed by atoms with Gasteiger partial charge in [-0.3, -0.25) is 14.6 Å². The number of anilines is 1. The van der Waals surface area contributed by atoms with Gasteiger partial charge in [0.05, 0.1) is 17.6 Å². The highest BCUT2D eigenvalue weighted by molar-refractivity contribution is 7.08. The van der Waals surface area contributed by atoms with Gasteiger partial charge in [-0.25, -0.2) is 0 Å². The van der Waals surface area contributed by atoms with Crippen molar-refractivity contribution in [3.63, 3.8) is 0 Å². The molecule has 0 radical (unpaired) electrons. The molecule has 0 saturated heterocycles. The third-order valence-corrected chi connectivity index (χ3v) is 8.70. The zero-order valence-corrected chi connectivity index (χ0v) is 23.4. The number of benzene rings is 1. The molecule has 0 unspecified atom stereocenters. The number of carbonyl (C=O) groups is 2. The first-order valence-corrected chi connectivity index (χ1v) is 14.6. The number of nitrogens with two attached hydrogens (primary N) is 1. The summed E-state index contributed by atoms with van der Waals surface area (Å²) in [4.78, 5) is 32.1. The van der Waals surface area contributed by atoms with Crippen LogP contribution in [0.15, 0.2) is 53.4 Å². The number of thiophene rings is 1. The molecule has 7 heteroatoms. The van der Waals surface area contributed by atoms with E-state index in [1.165, 1.54) is 0 Å². The quantitative estimate of drug-likeness (QED) is 0.351. The number of aromatic nitrogens is 1. The van der Waals surface area contributed by atoms with Crippen molar-refractivity contribution in [2.75, 3.05) is 12.4 Å². The molecule has 5 rings (SSSR count). The second-order valence-electron chi connectivity index (χ2n) is 11.6. The number of rotatable bonds is 8. The van der Waals surface area contributed by atoms with Gasteiger partial charge in [0.1, 0.15) is 0 Å². The van der Waals surface area contributed by atoms with Crippen LogP contribution in [0.2, 0.25) is 0 Å². The third kappa shape index (κ3) is 6.16. The Morgan fingerprint density at radius 3 is 2.37 bits per heavy atom. The molecule has 0 bridgehead atoms. The van der Waals surface area contributed by atoms with Crippen LogP contribution in [0.25, 0.3) is 22.4 Å². The first kappa shape index (κ1) is 26.6. The Kier molecular flexibility index (Phi) is 7.68. The molecule has 6 nitrogen and oxygen atoms in total. The first-order chi connectivity index (χ1) is 18.2. The maximum absolute atomic E-state index is 13.0. The summed E-state index contributed by atoms with van der Waals surface area (Å²) >= 11 is 1.64. The van der Waals surface area contributed by atoms with Gasteiger partial charge in [0.15, 0.2) is 0 Å². The van der Waals surface area contributed by atoms with E-state index in [-0.39, 0.29) is 11.8 Å². The van der Waals surface area contributed by atoms with Gasteiger partial charge in [-0.15, -0.1) is 0 Å². The maximum Gasteiger partial charge on any atom is 0.225 e. The van der Waals surface area contributed by atoms with Gasteiger partial charge in [-0.2, -0.15) is 11.3 Å². The molecule has 2 fully saturated rings. The zero-order chi connectivity index (χ0) is 26.9. The predicted molar refractivity (Wildman–Crippen MR) is 155 cm³/mol. The number of pyridine rings is 1. The number of hydrogen-bond acceptors (Lipinski definition) is 5. The van der Waals surface area contributed by atoms with Crippen LogP contribution in [-0.2, 0) is 15.1 Å². The number of nitrogens with zero attached hydrogens (tertiary/aromatic N) is 2. The normalized spacial score (nSPS) is 19.7. The largest absolute Gasteiger partial charge is 0.343 e. The van der Waals surface area contributed by atoms with Crippen molar-refractivity contribution in [3.8, 4) is 22.4 Å². The third-order valence-electron chi connectivity index (χ3n) is 8.02. The molecule has 200 valence electrons. The van der Waals surface area contributed by atoms with Crippen LogP contribution in [-0.4, -0.2) is 34.8 Å². The molecule has 2 heterocycles. The molecule has 0 spiro atoms. The summed E-state index contributed by atoms with van der Waals surface area (Å²) in [6.07, 6.45) is 8.25. The monoisotopic (exact) mass is 530 g/mol. The van der Waals surface area contributed by atoms with Gasteiger partial charge in [0.25, 0.3) is 0 Å². The summed E-state index contributed by atoms with van der Waals surface area (Å²) < 4.78 is 0. The van der Waals surface area contributed by atoms with E-state index in [4.69, 9.17) is 10.7 Å². The van der Waals surface area contributed by atoms with Crippen molar-refractivity contribution >= 4 is 28.8 Å². The molecule has 0 atom stereocenters. The standard InChI is InChI=1S/C31H38N4O2S/c1-31(2,32)24-10-8-21(9-11-24)29-27(23-14-15-38-19-23)17-25(18-33-29)34-28(36)16-20-4-12-26(13-5-20)35(3)30(37)22-6-7-22/h8-11,14-15,17-20,22,26H,4-7,12-13,16,32H2,1-3H3,(H,34,36). The van der Waals surface area contributed by atoms with Crippen molar-refractivity contribution in [1.82, 2.24) is 9.88 Å². The first-order valence-electron chi connectivity index (χ1n) is 13.7. The van der Waals surface area contributed by atoms with E-state index in [0.717, 1.165) is 66.5 Å². The van der Waals surface area contributed by atoms with Crippen molar-refractivity contribution < 1.29 is 9.59 Å². The fourth-order valence-electron chi connectivity index (χ4n) is 5.47. The maximum atomic E-state index is 13.0. The van der Waals surface area contributed by atoms with Crippen molar-refractivity contribution in [2.24, 2.45) is 17.6 Å². The average Bonchev–Trinajstić information content (AvgIpc) is 3.61. The molecular weight excluding hydrogens is 492 g/mol. The molecule has 1 aromatic carbocycles. The topological polar surface area (TPSA) is 88.3 Å². The van der Waals surface area contributed by atoms with Crippen molar-refractivity contribution in [2.45, 2.75) is 70.4 Å². The molecule has 2 aromatic heterocycles. The SMILES string of the molecule is CN(C(=O)C1CC1)C1CCC(CC(=O)Nc2cnc(-c3ccc(C(C)(C)N)cc3)c(-c3ccsc3)c2)CC1. The summed E-state index contributed by atoms with van der Waals surface area (Å²) in [6.45, 7) is 3.99. The summed E-state index contributed by atoms with van der Waals surface area (Å²) in [5.74, 6) is 0.948. The van der Waals surface area contributed by atoms with Gasteiger partial charge < -0.3 is 16.0 Å². The van der Waals surface area contributed by atoms with Gasteiger partial charge in [0.2, 0.25) is 11.8 Å². The summed E-state index contributed by atoms with van der Waals surface area (Å²) in [7, 11) is 1.95. The molecule has 2 aliphatic rings. The summed E-state index contributed by atoms with van der Waals surface area (Å²) in [5.41, 5.74) is 11.6. The molecular formula is C31H38N4O2S. The van der Waals surface area contributed by atoms with Crippen molar-refractivity contribution in [3.05, 3.63) is 58.9 Å². The number of hydrogen-bond donors (Lipinski definition) is 2. The van der Waals surface area contributed by atoms with Gasteiger partial charge >= 0.3 is 0 Å². The van der Waals surface area contributed by atoms with Crippen LogP contribution in [0.5, 0.6) is 0 Å². The van der Waals surface area contributed by atoms with Crippen LogP contribution in [0.4, 0.5) is 5.69 Å². The lowest BCUT2D eigenvalue weighted by atomic mass is 9.83. The van der Waals surface area contributed by atoms with Crippen LogP contribution >= 0.6 is 11.3 Å². The lowest BCUT2D eigenvalue weighted by Crippen LogP contribution is -2.40. The number of nitrogens with one attached hydrogen (secondary N) is 1. The molecule has 0 aliphatic heterocycles. The summed E-state index contributed by atoms with van der Waals surface area (Å²) in [6, 6.07) is 12.7. The smallest absolute Gasteiger partial charge is 0.225 e.